The second-order valence-electron chi connectivity index (χ2n) is 5.43. The van der Waals surface area contributed by atoms with Crippen molar-refractivity contribution in [1.29, 1.82) is 5.26 Å². The minimum Gasteiger partial charge on any atom is -0.490 e. The van der Waals surface area contributed by atoms with Gasteiger partial charge in [0.2, 0.25) is 0 Å². The molecule has 2 aromatic carbocycles. The molecule has 0 atom stereocenters. The number of nitriles is 1. The number of rotatable bonds is 8. The maximum Gasteiger partial charge on any atom is 0.186 e. The van der Waals surface area contributed by atoms with Crippen LogP contribution in [0.3, 0.4) is 0 Å². The Morgan fingerprint density at radius 1 is 1.19 bits per heavy atom. The highest BCUT2D eigenvalue weighted by Gasteiger charge is 2.08. The van der Waals surface area contributed by atoms with Crippen LogP contribution in [0, 0.1) is 11.3 Å². The molecule has 0 amide bonds. The Morgan fingerprint density at radius 3 is 2.74 bits per heavy atom. The van der Waals surface area contributed by atoms with Crippen LogP contribution < -0.4 is 20.2 Å². The predicted molar refractivity (Wildman–Crippen MR) is 110 cm³/mol. The monoisotopic (exact) mass is 382 g/mol. The summed E-state index contributed by atoms with van der Waals surface area (Å²) in [6, 6.07) is 15.1. The Balaban J connectivity index is 2.09. The zero-order valence-corrected chi connectivity index (χ0v) is 16.2. The number of ether oxygens (including phenoxy) is 2. The lowest BCUT2D eigenvalue weighted by molar-refractivity contribution is 0.269. The lowest BCUT2D eigenvalue weighted by Crippen LogP contribution is -2.31. The number of thiocarbonyl (C=S) groups is 1. The molecule has 0 saturated carbocycles. The average Bonchev–Trinajstić information content (AvgIpc) is 2.68. The van der Waals surface area contributed by atoms with Crippen LogP contribution in [0.5, 0.6) is 11.5 Å². The van der Waals surface area contributed by atoms with Crippen LogP contribution >= 0.6 is 12.2 Å². The van der Waals surface area contributed by atoms with Gasteiger partial charge in [-0.15, -0.1) is 0 Å². The molecule has 140 valence electrons. The van der Waals surface area contributed by atoms with Gasteiger partial charge in [-0.1, -0.05) is 18.2 Å². The van der Waals surface area contributed by atoms with Gasteiger partial charge in [0.15, 0.2) is 16.6 Å². The van der Waals surface area contributed by atoms with Crippen LogP contribution in [0.1, 0.15) is 30.5 Å². The van der Waals surface area contributed by atoms with Crippen molar-refractivity contribution in [3.8, 4) is 17.6 Å². The molecular weight excluding hydrogens is 360 g/mol. The van der Waals surface area contributed by atoms with E-state index in [4.69, 9.17) is 21.7 Å². The van der Waals surface area contributed by atoms with Crippen LogP contribution in [0.4, 0.5) is 0 Å². The predicted octanol–water partition coefficient (Wildman–Crippen LogP) is 3.35. The number of nitrogens with one attached hydrogen (secondary N) is 2. The summed E-state index contributed by atoms with van der Waals surface area (Å²) >= 11 is 5.05. The van der Waals surface area contributed by atoms with E-state index in [1.165, 1.54) is 0 Å². The maximum absolute atomic E-state index is 9.18. The van der Waals surface area contributed by atoms with Crippen molar-refractivity contribution in [1.82, 2.24) is 10.7 Å². The summed E-state index contributed by atoms with van der Waals surface area (Å²) in [7, 11) is 0. The first kappa shape index (κ1) is 20.2. The van der Waals surface area contributed by atoms with E-state index < -0.39 is 0 Å². The number of benzene rings is 2. The molecule has 0 aliphatic carbocycles. The van der Waals surface area contributed by atoms with Crippen molar-refractivity contribution in [3.05, 3.63) is 59.2 Å². The molecule has 0 heterocycles. The maximum atomic E-state index is 9.18. The third-order valence-corrected chi connectivity index (χ3v) is 3.74. The largest absolute Gasteiger partial charge is 0.490 e. The van der Waals surface area contributed by atoms with Crippen LogP contribution in [0.15, 0.2) is 47.6 Å². The summed E-state index contributed by atoms with van der Waals surface area (Å²) in [5, 5.41) is 16.7. The molecule has 0 unspecified atom stereocenters. The Hall–Kier alpha value is -3.11. The van der Waals surface area contributed by atoms with Gasteiger partial charge in [0.25, 0.3) is 0 Å². The molecule has 0 spiro atoms. The molecule has 2 aromatic rings. The van der Waals surface area contributed by atoms with Crippen molar-refractivity contribution in [2.75, 3.05) is 13.2 Å². The van der Waals surface area contributed by atoms with E-state index in [1.807, 2.05) is 50.2 Å². The standard InChI is InChI=1S/C20H22N4O2S/c1-3-22-20(27)24-23-13-15-9-10-18(19(11-15)25-4-2)26-14-17-8-6-5-7-16(17)12-21/h5-11,13H,3-4,14H2,1-2H3,(H2,22,24,27)/b23-13-. The summed E-state index contributed by atoms with van der Waals surface area (Å²) in [6.45, 7) is 5.40. The first-order valence-electron chi connectivity index (χ1n) is 8.62. The molecular formula is C20H22N4O2S. The number of hydrazone groups is 1. The van der Waals surface area contributed by atoms with Gasteiger partial charge in [0.1, 0.15) is 6.61 Å². The molecule has 6 nitrogen and oxygen atoms in total. The van der Waals surface area contributed by atoms with Crippen molar-refractivity contribution in [2.24, 2.45) is 5.10 Å². The first-order chi connectivity index (χ1) is 13.2. The lowest BCUT2D eigenvalue weighted by Gasteiger charge is -2.13. The fraction of sp³-hybridized carbons (Fsp3) is 0.250. The summed E-state index contributed by atoms with van der Waals surface area (Å²) in [5.74, 6) is 1.23. The van der Waals surface area contributed by atoms with Gasteiger partial charge >= 0.3 is 0 Å². The van der Waals surface area contributed by atoms with Crippen molar-refractivity contribution >= 4 is 23.5 Å². The second kappa shape index (κ2) is 10.8. The average molecular weight is 382 g/mol. The SMILES string of the molecule is CCNC(=S)N/N=C\c1ccc(OCc2ccccc2C#N)c(OCC)c1. The van der Waals surface area contributed by atoms with Crippen LogP contribution in [-0.2, 0) is 6.61 Å². The van der Waals surface area contributed by atoms with Gasteiger partial charge in [-0.25, -0.2) is 0 Å². The highest BCUT2D eigenvalue weighted by molar-refractivity contribution is 7.80. The third kappa shape index (κ3) is 6.28. The van der Waals surface area contributed by atoms with Gasteiger partial charge < -0.3 is 14.8 Å². The zero-order chi connectivity index (χ0) is 19.5. The Labute approximate surface area is 164 Å². The van der Waals surface area contributed by atoms with Gasteiger partial charge in [-0.2, -0.15) is 10.4 Å². The van der Waals surface area contributed by atoms with Crippen molar-refractivity contribution in [3.63, 3.8) is 0 Å². The quantitative estimate of drug-likeness (QED) is 0.414. The molecule has 2 rings (SSSR count). The summed E-state index contributed by atoms with van der Waals surface area (Å²) < 4.78 is 11.6. The Morgan fingerprint density at radius 2 is 2.00 bits per heavy atom. The first-order valence-corrected chi connectivity index (χ1v) is 9.03. The van der Waals surface area contributed by atoms with Crippen molar-refractivity contribution < 1.29 is 9.47 Å². The smallest absolute Gasteiger partial charge is 0.186 e. The molecule has 0 aliphatic heterocycles. The van der Waals surface area contributed by atoms with E-state index in [1.54, 1.807) is 12.3 Å². The second-order valence-corrected chi connectivity index (χ2v) is 5.83. The van der Waals surface area contributed by atoms with E-state index in [0.717, 1.165) is 17.7 Å². The van der Waals surface area contributed by atoms with Gasteiger partial charge in [0.05, 0.1) is 24.5 Å². The topological polar surface area (TPSA) is 78.7 Å². The summed E-state index contributed by atoms with van der Waals surface area (Å²) in [4.78, 5) is 0. The molecule has 27 heavy (non-hydrogen) atoms. The fourth-order valence-corrected chi connectivity index (χ4v) is 2.47. The highest BCUT2D eigenvalue weighted by atomic mass is 32.1. The van der Waals surface area contributed by atoms with Crippen LogP contribution in [-0.4, -0.2) is 24.5 Å². The molecule has 0 aliphatic rings. The Kier molecular flexibility index (Phi) is 8.07. The zero-order valence-electron chi connectivity index (χ0n) is 15.4. The summed E-state index contributed by atoms with van der Waals surface area (Å²) in [6.07, 6.45) is 1.65. The van der Waals surface area contributed by atoms with E-state index in [9.17, 15) is 5.26 Å². The van der Waals surface area contributed by atoms with E-state index in [-0.39, 0.29) is 6.61 Å². The molecule has 0 saturated heterocycles. The molecule has 0 radical (unpaired) electrons. The molecule has 7 heteroatoms. The van der Waals surface area contributed by atoms with Crippen molar-refractivity contribution in [2.45, 2.75) is 20.5 Å². The summed E-state index contributed by atoms with van der Waals surface area (Å²) in [5.41, 5.74) is 5.01. The van der Waals surface area contributed by atoms with Gasteiger partial charge in [-0.3, -0.25) is 5.43 Å². The van der Waals surface area contributed by atoms with Crippen LogP contribution in [0.2, 0.25) is 0 Å². The minimum absolute atomic E-state index is 0.287. The minimum atomic E-state index is 0.287. The number of hydrogen-bond acceptors (Lipinski definition) is 5. The van der Waals surface area contributed by atoms with E-state index in [0.29, 0.717) is 28.8 Å². The number of nitrogens with zero attached hydrogens (tertiary/aromatic N) is 2. The fourth-order valence-electron chi connectivity index (χ4n) is 2.27. The number of hydrogen-bond donors (Lipinski definition) is 2. The van der Waals surface area contributed by atoms with E-state index in [2.05, 4.69) is 21.9 Å². The molecule has 2 N–H and O–H groups in total. The van der Waals surface area contributed by atoms with Gasteiger partial charge in [0, 0.05) is 12.1 Å². The normalized spacial score (nSPS) is 10.3. The van der Waals surface area contributed by atoms with E-state index >= 15 is 0 Å². The molecule has 0 bridgehead atoms. The highest BCUT2D eigenvalue weighted by Crippen LogP contribution is 2.29. The molecule has 0 fully saturated rings. The third-order valence-electron chi connectivity index (χ3n) is 3.51. The van der Waals surface area contributed by atoms with Gasteiger partial charge in [-0.05, 0) is 55.9 Å². The lowest BCUT2D eigenvalue weighted by atomic mass is 10.1. The Bertz CT molecular complexity index is 846. The molecule has 0 aromatic heterocycles. The van der Waals surface area contributed by atoms with Crippen LogP contribution in [0.25, 0.3) is 0 Å².